The predicted octanol–water partition coefficient (Wildman–Crippen LogP) is 2.58. The zero-order valence-electron chi connectivity index (χ0n) is 12.3. The van der Waals surface area contributed by atoms with Gasteiger partial charge in [0.25, 0.3) is 5.91 Å². The molecule has 0 unspecified atom stereocenters. The molecule has 3 rings (SSSR count). The normalized spacial score (nSPS) is 10.4. The van der Waals surface area contributed by atoms with E-state index in [4.69, 9.17) is 6.42 Å². The van der Waals surface area contributed by atoms with Gasteiger partial charge in [0.2, 0.25) is 0 Å². The molecular formula is C17H14N4O. The van der Waals surface area contributed by atoms with Gasteiger partial charge in [0.05, 0.1) is 11.9 Å². The fourth-order valence-corrected chi connectivity index (χ4v) is 2.28. The van der Waals surface area contributed by atoms with Gasteiger partial charge in [-0.25, -0.2) is 9.50 Å². The topological polar surface area (TPSA) is 59.3 Å². The smallest absolute Gasteiger partial charge is 0.276 e. The lowest BCUT2D eigenvalue weighted by molar-refractivity contribution is 0.102. The second kappa shape index (κ2) is 5.34. The third kappa shape index (κ3) is 2.42. The van der Waals surface area contributed by atoms with Gasteiger partial charge in [-0.2, -0.15) is 5.10 Å². The maximum absolute atomic E-state index is 12.4. The number of amides is 1. The average molecular weight is 290 g/mol. The summed E-state index contributed by atoms with van der Waals surface area (Å²) in [6.45, 7) is 3.82. The first-order valence-corrected chi connectivity index (χ1v) is 6.78. The van der Waals surface area contributed by atoms with Crippen molar-refractivity contribution in [2.75, 3.05) is 5.32 Å². The fourth-order valence-electron chi connectivity index (χ4n) is 2.28. The summed E-state index contributed by atoms with van der Waals surface area (Å²) in [7, 11) is 0. The molecule has 2 heterocycles. The third-order valence-corrected chi connectivity index (χ3v) is 3.32. The molecule has 0 aliphatic carbocycles. The molecule has 0 saturated carbocycles. The average Bonchev–Trinajstić information content (AvgIpc) is 2.92. The van der Waals surface area contributed by atoms with Crippen molar-refractivity contribution >= 4 is 17.2 Å². The minimum absolute atomic E-state index is 0.265. The summed E-state index contributed by atoms with van der Waals surface area (Å²) in [4.78, 5) is 16.7. The molecule has 0 spiro atoms. The summed E-state index contributed by atoms with van der Waals surface area (Å²) in [5, 5.41) is 7.17. The molecule has 1 amide bonds. The van der Waals surface area contributed by atoms with Gasteiger partial charge in [0.1, 0.15) is 0 Å². The summed E-state index contributed by atoms with van der Waals surface area (Å²) < 4.78 is 1.57. The van der Waals surface area contributed by atoms with Crippen LogP contribution in [-0.2, 0) is 0 Å². The van der Waals surface area contributed by atoms with Crippen molar-refractivity contribution in [2.45, 2.75) is 13.8 Å². The highest BCUT2D eigenvalue weighted by molar-refractivity contribution is 6.03. The monoisotopic (exact) mass is 290 g/mol. The Kier molecular flexibility index (Phi) is 3.36. The first kappa shape index (κ1) is 13.8. The predicted molar refractivity (Wildman–Crippen MR) is 84.8 cm³/mol. The van der Waals surface area contributed by atoms with Gasteiger partial charge in [0, 0.05) is 11.3 Å². The first-order chi connectivity index (χ1) is 10.6. The number of nitrogens with one attached hydrogen (secondary N) is 1. The van der Waals surface area contributed by atoms with Crippen LogP contribution in [-0.4, -0.2) is 20.5 Å². The van der Waals surface area contributed by atoms with E-state index in [1.807, 2.05) is 19.9 Å². The highest BCUT2D eigenvalue weighted by atomic mass is 16.2. The van der Waals surface area contributed by atoms with Crippen molar-refractivity contribution in [2.24, 2.45) is 0 Å². The number of terminal acetylenes is 1. The van der Waals surface area contributed by atoms with E-state index in [0.29, 0.717) is 17.0 Å². The Labute approximate surface area is 128 Å². The Hall–Kier alpha value is -3.13. The van der Waals surface area contributed by atoms with Gasteiger partial charge in [0.15, 0.2) is 11.3 Å². The van der Waals surface area contributed by atoms with Gasteiger partial charge in [-0.15, -0.1) is 6.42 Å². The number of aryl methyl sites for hydroxylation is 2. The Morgan fingerprint density at radius 2 is 2.00 bits per heavy atom. The Morgan fingerprint density at radius 1 is 1.27 bits per heavy atom. The summed E-state index contributed by atoms with van der Waals surface area (Å²) in [6, 6.07) is 9.01. The van der Waals surface area contributed by atoms with Crippen LogP contribution in [0.1, 0.15) is 27.3 Å². The summed E-state index contributed by atoms with van der Waals surface area (Å²) >= 11 is 0. The molecule has 5 heteroatoms. The quantitative estimate of drug-likeness (QED) is 0.738. The zero-order valence-corrected chi connectivity index (χ0v) is 12.3. The Bertz CT molecular complexity index is 901. The molecule has 0 fully saturated rings. The van der Waals surface area contributed by atoms with E-state index >= 15 is 0 Å². The van der Waals surface area contributed by atoms with E-state index in [-0.39, 0.29) is 5.91 Å². The molecule has 108 valence electrons. The van der Waals surface area contributed by atoms with E-state index < -0.39 is 0 Å². The second-order valence-electron chi connectivity index (χ2n) is 5.02. The molecule has 0 bridgehead atoms. The van der Waals surface area contributed by atoms with Crippen LogP contribution in [0, 0.1) is 26.2 Å². The Morgan fingerprint density at radius 3 is 2.68 bits per heavy atom. The maximum atomic E-state index is 12.4. The van der Waals surface area contributed by atoms with E-state index in [2.05, 4.69) is 21.3 Å². The highest BCUT2D eigenvalue weighted by Crippen LogP contribution is 2.14. The number of hydrogen-bond donors (Lipinski definition) is 1. The van der Waals surface area contributed by atoms with Crippen LogP contribution in [0.4, 0.5) is 5.69 Å². The lowest BCUT2D eigenvalue weighted by Gasteiger charge is -2.06. The van der Waals surface area contributed by atoms with Crippen LogP contribution in [0.2, 0.25) is 0 Å². The number of fused-ring (bicyclic) bond motifs is 1. The molecule has 0 saturated heterocycles. The van der Waals surface area contributed by atoms with Crippen molar-refractivity contribution in [1.82, 2.24) is 14.6 Å². The van der Waals surface area contributed by atoms with Crippen molar-refractivity contribution in [3.8, 4) is 12.3 Å². The molecular weight excluding hydrogens is 276 g/mol. The Balaban J connectivity index is 1.93. The molecule has 2 aromatic heterocycles. The molecule has 0 atom stereocenters. The van der Waals surface area contributed by atoms with Gasteiger partial charge in [-0.3, -0.25) is 4.79 Å². The minimum Gasteiger partial charge on any atom is -0.321 e. The summed E-state index contributed by atoms with van der Waals surface area (Å²) in [5.74, 6) is 2.27. The molecule has 3 aromatic rings. The maximum Gasteiger partial charge on any atom is 0.276 e. The summed E-state index contributed by atoms with van der Waals surface area (Å²) in [6.07, 6.45) is 6.84. The van der Waals surface area contributed by atoms with Gasteiger partial charge < -0.3 is 5.32 Å². The number of rotatable bonds is 2. The van der Waals surface area contributed by atoms with E-state index in [1.165, 1.54) is 6.20 Å². The van der Waals surface area contributed by atoms with E-state index in [1.54, 1.807) is 28.8 Å². The molecule has 1 N–H and O–H groups in total. The van der Waals surface area contributed by atoms with E-state index in [0.717, 1.165) is 16.8 Å². The van der Waals surface area contributed by atoms with Crippen LogP contribution in [0.15, 0.2) is 36.5 Å². The van der Waals surface area contributed by atoms with Crippen LogP contribution in [0.3, 0.4) is 0 Å². The molecule has 5 nitrogen and oxygen atoms in total. The molecule has 1 aromatic carbocycles. The van der Waals surface area contributed by atoms with Crippen LogP contribution >= 0.6 is 0 Å². The lowest BCUT2D eigenvalue weighted by Crippen LogP contribution is -2.15. The number of carbonyl (C=O) groups is 1. The van der Waals surface area contributed by atoms with Crippen molar-refractivity contribution < 1.29 is 4.79 Å². The largest absolute Gasteiger partial charge is 0.321 e. The number of nitrogens with zero attached hydrogens (tertiary/aromatic N) is 3. The zero-order chi connectivity index (χ0) is 15.7. The van der Waals surface area contributed by atoms with Gasteiger partial charge in [-0.05, 0) is 49.7 Å². The van der Waals surface area contributed by atoms with E-state index in [9.17, 15) is 4.79 Å². The minimum atomic E-state index is -0.265. The molecule has 22 heavy (non-hydrogen) atoms. The molecule has 0 aliphatic rings. The number of aromatic nitrogens is 3. The van der Waals surface area contributed by atoms with Crippen molar-refractivity contribution in [3.63, 3.8) is 0 Å². The number of hydrogen-bond acceptors (Lipinski definition) is 3. The standard InChI is InChI=1S/C17H14N4O/c1-4-13-5-7-14(8-6-13)19-17(22)15-10-18-16-11(2)9-12(3)20-21(15)16/h1,5-10H,2-3H3,(H,19,22). The molecule has 0 radical (unpaired) electrons. The fraction of sp³-hybridized carbons (Fsp3) is 0.118. The highest BCUT2D eigenvalue weighted by Gasteiger charge is 2.15. The number of imidazole rings is 1. The third-order valence-electron chi connectivity index (χ3n) is 3.32. The number of carbonyl (C=O) groups excluding carboxylic acids is 1. The first-order valence-electron chi connectivity index (χ1n) is 6.78. The SMILES string of the molecule is C#Cc1ccc(NC(=O)c2cnc3c(C)cc(C)nn23)cc1. The van der Waals surface area contributed by atoms with Gasteiger partial charge in [-0.1, -0.05) is 5.92 Å². The number of benzene rings is 1. The van der Waals surface area contributed by atoms with Crippen LogP contribution < -0.4 is 5.32 Å². The number of anilines is 1. The van der Waals surface area contributed by atoms with Crippen molar-refractivity contribution in [1.29, 1.82) is 0 Å². The van der Waals surface area contributed by atoms with Gasteiger partial charge >= 0.3 is 0 Å². The van der Waals surface area contributed by atoms with Crippen LogP contribution in [0.25, 0.3) is 5.65 Å². The van der Waals surface area contributed by atoms with Crippen LogP contribution in [0.5, 0.6) is 0 Å². The summed E-state index contributed by atoms with van der Waals surface area (Å²) in [5.41, 5.74) is 4.31. The second-order valence-corrected chi connectivity index (χ2v) is 5.02. The lowest BCUT2D eigenvalue weighted by atomic mass is 10.2. The molecule has 0 aliphatic heterocycles. The van der Waals surface area contributed by atoms with Crippen molar-refractivity contribution in [3.05, 3.63) is 59.0 Å².